The molecule has 0 radical (unpaired) electrons. The summed E-state index contributed by atoms with van der Waals surface area (Å²) in [6.45, 7) is 9.52. The normalized spacial score (nSPS) is 15.4. The summed E-state index contributed by atoms with van der Waals surface area (Å²) < 4.78 is 0. The molecule has 2 amide bonds. The van der Waals surface area contributed by atoms with Crippen LogP contribution in [-0.2, 0) is 6.54 Å². The molecule has 0 spiro atoms. The second-order valence-corrected chi connectivity index (χ2v) is 5.49. The van der Waals surface area contributed by atoms with E-state index < -0.39 is 0 Å². The minimum absolute atomic E-state index is 0.141. The molecule has 5 heteroatoms. The van der Waals surface area contributed by atoms with Gasteiger partial charge in [0.2, 0.25) is 0 Å². The Morgan fingerprint density at radius 3 is 2.41 bits per heavy atom. The second kappa shape index (κ2) is 7.81. The van der Waals surface area contributed by atoms with Gasteiger partial charge >= 0.3 is 6.03 Å². The van der Waals surface area contributed by atoms with Gasteiger partial charge in [0.25, 0.3) is 0 Å². The standard InChI is InChI=1S/C17H24N4O/c1-3-20(4-2)17(22)21-11-9-19(10-12-21)14-16-8-6-5-7-15(16)13-18/h5-8H,3-4,9-12,14H2,1-2H3. The third-order valence-electron chi connectivity index (χ3n) is 4.21. The van der Waals surface area contributed by atoms with Crippen molar-refractivity contribution < 1.29 is 4.79 Å². The molecule has 1 heterocycles. The zero-order valence-electron chi connectivity index (χ0n) is 13.5. The maximum absolute atomic E-state index is 12.3. The van der Waals surface area contributed by atoms with Gasteiger partial charge in [0, 0.05) is 45.8 Å². The summed E-state index contributed by atoms with van der Waals surface area (Å²) in [5, 5.41) is 9.15. The van der Waals surface area contributed by atoms with E-state index in [0.29, 0.717) is 0 Å². The number of hydrogen-bond donors (Lipinski definition) is 0. The Bertz CT molecular complexity index is 540. The van der Waals surface area contributed by atoms with E-state index in [9.17, 15) is 4.79 Å². The number of urea groups is 1. The Kier molecular flexibility index (Phi) is 5.79. The molecule has 0 aliphatic carbocycles. The molecule has 0 atom stereocenters. The van der Waals surface area contributed by atoms with Gasteiger partial charge in [-0.25, -0.2) is 4.79 Å². The first-order valence-corrected chi connectivity index (χ1v) is 7.93. The quantitative estimate of drug-likeness (QED) is 0.856. The van der Waals surface area contributed by atoms with Crippen molar-refractivity contribution in [3.05, 3.63) is 35.4 Å². The molecule has 2 rings (SSSR count). The molecule has 1 aliphatic heterocycles. The second-order valence-electron chi connectivity index (χ2n) is 5.49. The van der Waals surface area contributed by atoms with Gasteiger partial charge in [0.05, 0.1) is 11.6 Å². The molecular weight excluding hydrogens is 276 g/mol. The smallest absolute Gasteiger partial charge is 0.320 e. The molecule has 118 valence electrons. The minimum atomic E-state index is 0.141. The highest BCUT2D eigenvalue weighted by molar-refractivity contribution is 5.74. The van der Waals surface area contributed by atoms with Gasteiger partial charge < -0.3 is 9.80 Å². The Hall–Kier alpha value is -2.06. The van der Waals surface area contributed by atoms with Crippen LogP contribution in [0.4, 0.5) is 4.79 Å². The van der Waals surface area contributed by atoms with Gasteiger partial charge in [-0.3, -0.25) is 4.90 Å². The highest BCUT2D eigenvalue weighted by Gasteiger charge is 2.24. The predicted molar refractivity (Wildman–Crippen MR) is 86.3 cm³/mol. The molecular formula is C17H24N4O. The third kappa shape index (κ3) is 3.77. The highest BCUT2D eigenvalue weighted by atomic mass is 16.2. The van der Waals surface area contributed by atoms with E-state index in [2.05, 4.69) is 11.0 Å². The van der Waals surface area contributed by atoms with Crippen LogP contribution in [0.25, 0.3) is 0 Å². The summed E-state index contributed by atoms with van der Waals surface area (Å²) in [7, 11) is 0. The molecule has 5 nitrogen and oxygen atoms in total. The number of carbonyl (C=O) groups is 1. The molecule has 1 aromatic rings. The number of hydrogen-bond acceptors (Lipinski definition) is 3. The predicted octanol–water partition coefficient (Wildman–Crippen LogP) is 2.14. The number of benzene rings is 1. The lowest BCUT2D eigenvalue weighted by molar-refractivity contribution is 0.112. The Morgan fingerprint density at radius 2 is 1.82 bits per heavy atom. The summed E-state index contributed by atoms with van der Waals surface area (Å²) in [6.07, 6.45) is 0. The molecule has 0 unspecified atom stereocenters. The molecule has 1 aliphatic rings. The Morgan fingerprint density at radius 1 is 1.18 bits per heavy atom. The van der Waals surface area contributed by atoms with E-state index >= 15 is 0 Å². The maximum atomic E-state index is 12.3. The summed E-state index contributed by atoms with van der Waals surface area (Å²) in [5.41, 5.74) is 1.80. The average molecular weight is 300 g/mol. The Balaban J connectivity index is 1.90. The van der Waals surface area contributed by atoms with Crippen LogP contribution < -0.4 is 0 Å². The SMILES string of the molecule is CCN(CC)C(=O)N1CCN(Cc2ccccc2C#N)CC1. The summed E-state index contributed by atoms with van der Waals surface area (Å²) in [6, 6.07) is 10.1. The zero-order valence-corrected chi connectivity index (χ0v) is 13.5. The van der Waals surface area contributed by atoms with E-state index in [1.807, 2.05) is 47.9 Å². The summed E-state index contributed by atoms with van der Waals surface area (Å²) in [4.78, 5) is 18.4. The average Bonchev–Trinajstić information content (AvgIpc) is 2.57. The first kappa shape index (κ1) is 16.3. The summed E-state index contributed by atoms with van der Waals surface area (Å²) in [5.74, 6) is 0. The van der Waals surface area contributed by atoms with Gasteiger partial charge in [-0.05, 0) is 25.5 Å². The third-order valence-corrected chi connectivity index (χ3v) is 4.21. The number of nitrogens with zero attached hydrogens (tertiary/aromatic N) is 4. The lowest BCUT2D eigenvalue weighted by atomic mass is 10.1. The zero-order chi connectivity index (χ0) is 15.9. The molecule has 0 N–H and O–H groups in total. The van der Waals surface area contributed by atoms with Crippen molar-refractivity contribution in [3.8, 4) is 6.07 Å². The van der Waals surface area contributed by atoms with Crippen LogP contribution in [0, 0.1) is 11.3 Å². The van der Waals surface area contributed by atoms with Gasteiger partial charge in [-0.1, -0.05) is 18.2 Å². The van der Waals surface area contributed by atoms with Gasteiger partial charge in [-0.15, -0.1) is 0 Å². The molecule has 1 saturated heterocycles. The number of rotatable bonds is 4. The van der Waals surface area contributed by atoms with Crippen LogP contribution in [0.1, 0.15) is 25.0 Å². The Labute approximate surface area is 132 Å². The first-order chi connectivity index (χ1) is 10.7. The monoisotopic (exact) mass is 300 g/mol. The number of carbonyl (C=O) groups excluding carboxylic acids is 1. The largest absolute Gasteiger partial charge is 0.325 e. The van der Waals surface area contributed by atoms with Crippen molar-refractivity contribution in [2.45, 2.75) is 20.4 Å². The fourth-order valence-electron chi connectivity index (χ4n) is 2.80. The number of amides is 2. The fraction of sp³-hybridized carbons (Fsp3) is 0.529. The van der Waals surface area contributed by atoms with Crippen LogP contribution in [0.5, 0.6) is 0 Å². The minimum Gasteiger partial charge on any atom is -0.325 e. The van der Waals surface area contributed by atoms with Crippen LogP contribution in [-0.4, -0.2) is 60.0 Å². The van der Waals surface area contributed by atoms with Gasteiger partial charge in [0.1, 0.15) is 0 Å². The van der Waals surface area contributed by atoms with Crippen LogP contribution >= 0.6 is 0 Å². The first-order valence-electron chi connectivity index (χ1n) is 7.93. The van der Waals surface area contributed by atoms with Crippen LogP contribution in [0.2, 0.25) is 0 Å². The molecule has 1 aromatic carbocycles. The van der Waals surface area contributed by atoms with Crippen molar-refractivity contribution in [2.75, 3.05) is 39.3 Å². The lowest BCUT2D eigenvalue weighted by Crippen LogP contribution is -2.52. The number of piperazine rings is 1. The summed E-state index contributed by atoms with van der Waals surface area (Å²) >= 11 is 0. The molecule has 22 heavy (non-hydrogen) atoms. The van der Waals surface area contributed by atoms with Crippen molar-refractivity contribution in [1.82, 2.24) is 14.7 Å². The van der Waals surface area contributed by atoms with Crippen LogP contribution in [0.3, 0.4) is 0 Å². The highest BCUT2D eigenvalue weighted by Crippen LogP contribution is 2.13. The van der Waals surface area contributed by atoms with E-state index in [1.165, 1.54) is 0 Å². The van der Waals surface area contributed by atoms with E-state index in [0.717, 1.165) is 56.9 Å². The van der Waals surface area contributed by atoms with Gasteiger partial charge in [0.15, 0.2) is 0 Å². The fourth-order valence-corrected chi connectivity index (χ4v) is 2.80. The lowest BCUT2D eigenvalue weighted by Gasteiger charge is -2.37. The maximum Gasteiger partial charge on any atom is 0.320 e. The van der Waals surface area contributed by atoms with E-state index in [1.54, 1.807) is 0 Å². The van der Waals surface area contributed by atoms with Crippen LogP contribution in [0.15, 0.2) is 24.3 Å². The number of nitriles is 1. The molecule has 1 fully saturated rings. The van der Waals surface area contributed by atoms with E-state index in [4.69, 9.17) is 5.26 Å². The van der Waals surface area contributed by atoms with Crippen molar-refractivity contribution >= 4 is 6.03 Å². The molecule has 0 bridgehead atoms. The van der Waals surface area contributed by atoms with Gasteiger partial charge in [-0.2, -0.15) is 5.26 Å². The molecule has 0 saturated carbocycles. The van der Waals surface area contributed by atoms with E-state index in [-0.39, 0.29) is 6.03 Å². The molecule has 0 aromatic heterocycles. The van der Waals surface area contributed by atoms with Crippen molar-refractivity contribution in [1.29, 1.82) is 5.26 Å². The topological polar surface area (TPSA) is 50.6 Å². The van der Waals surface area contributed by atoms with Crippen molar-refractivity contribution in [2.24, 2.45) is 0 Å². The van der Waals surface area contributed by atoms with Crippen molar-refractivity contribution in [3.63, 3.8) is 0 Å².